The van der Waals surface area contributed by atoms with Gasteiger partial charge in [-0.05, 0) is 32.9 Å². The molecule has 0 bridgehead atoms. The number of thioether (sulfide) groups is 1. The standard InChI is InChI=1S/C13H20N2O2S/c1-9(2)15(6-11-5-4-10(3)17-11)13(16)12-7-18-8-14-12/h4-5,9,12,14H,6-8H2,1-3H3. The second-order valence-corrected chi connectivity index (χ2v) is 5.87. The van der Waals surface area contributed by atoms with Gasteiger partial charge in [0.2, 0.25) is 5.91 Å². The molecular formula is C13H20N2O2S. The van der Waals surface area contributed by atoms with Crippen LogP contribution in [0, 0.1) is 6.92 Å². The predicted molar refractivity (Wildman–Crippen MR) is 73.4 cm³/mol. The van der Waals surface area contributed by atoms with Gasteiger partial charge in [-0.25, -0.2) is 0 Å². The molecule has 1 aliphatic rings. The predicted octanol–water partition coefficient (Wildman–Crippen LogP) is 1.99. The molecule has 2 heterocycles. The van der Waals surface area contributed by atoms with Crippen LogP contribution in [0.1, 0.15) is 25.4 Å². The van der Waals surface area contributed by atoms with E-state index in [2.05, 4.69) is 5.32 Å². The van der Waals surface area contributed by atoms with Gasteiger partial charge in [0.15, 0.2) is 0 Å². The maximum Gasteiger partial charge on any atom is 0.241 e. The summed E-state index contributed by atoms with van der Waals surface area (Å²) in [5.74, 6) is 3.63. The molecule has 0 saturated carbocycles. The molecule has 5 heteroatoms. The first-order valence-corrected chi connectivity index (χ1v) is 7.40. The fraction of sp³-hybridized carbons (Fsp3) is 0.615. The molecule has 1 unspecified atom stereocenters. The van der Waals surface area contributed by atoms with Gasteiger partial charge in [0.1, 0.15) is 11.5 Å². The number of rotatable bonds is 4. The Morgan fingerprint density at radius 1 is 1.61 bits per heavy atom. The van der Waals surface area contributed by atoms with Crippen molar-refractivity contribution in [2.24, 2.45) is 0 Å². The topological polar surface area (TPSA) is 45.5 Å². The third kappa shape index (κ3) is 3.09. The van der Waals surface area contributed by atoms with E-state index >= 15 is 0 Å². The molecule has 18 heavy (non-hydrogen) atoms. The smallest absolute Gasteiger partial charge is 0.241 e. The van der Waals surface area contributed by atoms with E-state index in [1.165, 1.54) is 0 Å². The van der Waals surface area contributed by atoms with Crippen molar-refractivity contribution in [3.63, 3.8) is 0 Å². The highest BCUT2D eigenvalue weighted by molar-refractivity contribution is 7.99. The number of nitrogens with one attached hydrogen (secondary N) is 1. The number of aryl methyl sites for hydroxylation is 1. The van der Waals surface area contributed by atoms with Crippen molar-refractivity contribution >= 4 is 17.7 Å². The van der Waals surface area contributed by atoms with Gasteiger partial charge in [0.05, 0.1) is 12.6 Å². The van der Waals surface area contributed by atoms with E-state index < -0.39 is 0 Å². The summed E-state index contributed by atoms with van der Waals surface area (Å²) in [4.78, 5) is 14.3. The normalized spacial score (nSPS) is 19.4. The highest BCUT2D eigenvalue weighted by Gasteiger charge is 2.29. The van der Waals surface area contributed by atoms with Crippen LogP contribution in [0.2, 0.25) is 0 Å². The molecule has 0 aromatic carbocycles. The summed E-state index contributed by atoms with van der Waals surface area (Å²) < 4.78 is 5.56. The summed E-state index contributed by atoms with van der Waals surface area (Å²) in [6.45, 7) is 6.54. The molecule has 1 fully saturated rings. The zero-order valence-electron chi connectivity index (χ0n) is 11.1. The zero-order valence-corrected chi connectivity index (χ0v) is 11.9. The number of hydrogen-bond acceptors (Lipinski definition) is 4. The number of hydrogen-bond donors (Lipinski definition) is 1. The Hall–Kier alpha value is -0.940. The van der Waals surface area contributed by atoms with Gasteiger partial charge in [0.25, 0.3) is 0 Å². The molecule has 0 aliphatic carbocycles. The van der Waals surface area contributed by atoms with Gasteiger partial charge in [0, 0.05) is 17.7 Å². The second-order valence-electron chi connectivity index (χ2n) is 4.84. The van der Waals surface area contributed by atoms with Gasteiger partial charge in [-0.2, -0.15) is 0 Å². The molecule has 4 nitrogen and oxygen atoms in total. The van der Waals surface area contributed by atoms with E-state index in [0.29, 0.717) is 6.54 Å². The Balaban J connectivity index is 2.05. The first-order chi connectivity index (χ1) is 8.58. The number of nitrogens with zero attached hydrogens (tertiary/aromatic N) is 1. The van der Waals surface area contributed by atoms with Crippen LogP contribution >= 0.6 is 11.8 Å². The lowest BCUT2D eigenvalue weighted by Crippen LogP contribution is -2.47. The van der Waals surface area contributed by atoms with Crippen molar-refractivity contribution in [1.82, 2.24) is 10.2 Å². The van der Waals surface area contributed by atoms with Crippen LogP contribution in [0.4, 0.5) is 0 Å². The van der Waals surface area contributed by atoms with Crippen molar-refractivity contribution in [1.29, 1.82) is 0 Å². The summed E-state index contributed by atoms with van der Waals surface area (Å²) in [5, 5.41) is 3.22. The third-order valence-electron chi connectivity index (χ3n) is 3.04. The fourth-order valence-corrected chi connectivity index (χ4v) is 2.94. The SMILES string of the molecule is Cc1ccc(CN(C(=O)C2CSCN2)C(C)C)o1. The Morgan fingerprint density at radius 3 is 2.89 bits per heavy atom. The van der Waals surface area contributed by atoms with E-state index in [1.807, 2.05) is 37.8 Å². The van der Waals surface area contributed by atoms with Gasteiger partial charge < -0.3 is 9.32 Å². The quantitative estimate of drug-likeness (QED) is 0.907. The molecule has 1 saturated heterocycles. The minimum Gasteiger partial charge on any atom is -0.464 e. The molecule has 1 aromatic heterocycles. The maximum absolute atomic E-state index is 12.4. The van der Waals surface area contributed by atoms with E-state index in [0.717, 1.165) is 23.2 Å². The molecule has 1 N–H and O–H groups in total. The Morgan fingerprint density at radius 2 is 2.39 bits per heavy atom. The molecule has 1 aliphatic heterocycles. The number of amides is 1. The molecule has 0 spiro atoms. The Kier molecular flexibility index (Phi) is 4.35. The number of carbonyl (C=O) groups is 1. The maximum atomic E-state index is 12.4. The first kappa shape index (κ1) is 13.5. The van der Waals surface area contributed by atoms with Crippen molar-refractivity contribution in [3.05, 3.63) is 23.7 Å². The lowest BCUT2D eigenvalue weighted by Gasteiger charge is -2.28. The van der Waals surface area contributed by atoms with Gasteiger partial charge in [-0.15, -0.1) is 11.8 Å². The van der Waals surface area contributed by atoms with Gasteiger partial charge in [-0.1, -0.05) is 0 Å². The van der Waals surface area contributed by atoms with Crippen molar-refractivity contribution in [2.45, 2.75) is 39.4 Å². The van der Waals surface area contributed by atoms with Crippen LogP contribution < -0.4 is 5.32 Å². The Labute approximate surface area is 112 Å². The average molecular weight is 268 g/mol. The van der Waals surface area contributed by atoms with Crippen LogP contribution in [-0.2, 0) is 11.3 Å². The van der Waals surface area contributed by atoms with Crippen LogP contribution in [0.5, 0.6) is 0 Å². The molecular weight excluding hydrogens is 248 g/mol. The van der Waals surface area contributed by atoms with Gasteiger partial charge in [-0.3, -0.25) is 10.1 Å². The monoisotopic (exact) mass is 268 g/mol. The molecule has 0 radical (unpaired) electrons. The van der Waals surface area contributed by atoms with Crippen LogP contribution in [0.15, 0.2) is 16.5 Å². The molecule has 1 aromatic rings. The van der Waals surface area contributed by atoms with Gasteiger partial charge >= 0.3 is 0 Å². The fourth-order valence-electron chi connectivity index (χ4n) is 2.01. The van der Waals surface area contributed by atoms with Crippen molar-refractivity contribution in [3.8, 4) is 0 Å². The summed E-state index contributed by atoms with van der Waals surface area (Å²) in [7, 11) is 0. The highest BCUT2D eigenvalue weighted by Crippen LogP contribution is 2.17. The highest BCUT2D eigenvalue weighted by atomic mass is 32.2. The molecule has 1 amide bonds. The molecule has 2 rings (SSSR count). The van der Waals surface area contributed by atoms with Crippen LogP contribution in [0.25, 0.3) is 0 Å². The first-order valence-electron chi connectivity index (χ1n) is 6.25. The largest absolute Gasteiger partial charge is 0.464 e. The summed E-state index contributed by atoms with van der Waals surface area (Å²) >= 11 is 1.77. The number of carbonyl (C=O) groups excluding carboxylic acids is 1. The zero-order chi connectivity index (χ0) is 13.1. The van der Waals surface area contributed by atoms with Crippen LogP contribution in [0.3, 0.4) is 0 Å². The minimum absolute atomic E-state index is 0.0477. The van der Waals surface area contributed by atoms with E-state index in [-0.39, 0.29) is 18.0 Å². The average Bonchev–Trinajstić information content (AvgIpc) is 2.95. The van der Waals surface area contributed by atoms with Crippen molar-refractivity contribution in [2.75, 3.05) is 11.6 Å². The van der Waals surface area contributed by atoms with Crippen molar-refractivity contribution < 1.29 is 9.21 Å². The van der Waals surface area contributed by atoms with E-state index in [1.54, 1.807) is 11.8 Å². The minimum atomic E-state index is -0.0477. The van der Waals surface area contributed by atoms with E-state index in [9.17, 15) is 4.79 Å². The Bertz CT molecular complexity index is 411. The lowest BCUT2D eigenvalue weighted by atomic mass is 10.2. The summed E-state index contributed by atoms with van der Waals surface area (Å²) in [6, 6.07) is 4.00. The lowest BCUT2D eigenvalue weighted by molar-refractivity contribution is -0.135. The van der Waals surface area contributed by atoms with E-state index in [4.69, 9.17) is 4.42 Å². The summed E-state index contributed by atoms with van der Waals surface area (Å²) in [6.07, 6.45) is 0. The molecule has 1 atom stereocenters. The summed E-state index contributed by atoms with van der Waals surface area (Å²) in [5.41, 5.74) is 0. The third-order valence-corrected chi connectivity index (χ3v) is 3.98. The number of furan rings is 1. The van der Waals surface area contributed by atoms with Crippen LogP contribution in [-0.4, -0.2) is 34.5 Å². The molecule has 100 valence electrons. The second kappa shape index (κ2) is 5.80.